The summed E-state index contributed by atoms with van der Waals surface area (Å²) in [6.07, 6.45) is 2.10. The van der Waals surface area contributed by atoms with E-state index in [0.29, 0.717) is 11.6 Å². The summed E-state index contributed by atoms with van der Waals surface area (Å²) in [7, 11) is 1.63. The van der Waals surface area contributed by atoms with E-state index in [4.69, 9.17) is 0 Å². The molecular formula is C14H23N3O3S. The first kappa shape index (κ1) is 17.7. The zero-order valence-electron chi connectivity index (χ0n) is 12.9. The van der Waals surface area contributed by atoms with E-state index in [0.717, 1.165) is 18.5 Å². The van der Waals surface area contributed by atoms with Gasteiger partial charge in [0.05, 0.1) is 0 Å². The van der Waals surface area contributed by atoms with Gasteiger partial charge in [-0.1, -0.05) is 32.0 Å². The number of hydrogen-bond donors (Lipinski definition) is 3. The van der Waals surface area contributed by atoms with Gasteiger partial charge in [0, 0.05) is 17.0 Å². The summed E-state index contributed by atoms with van der Waals surface area (Å²) in [6, 6.07) is 1.51. The highest BCUT2D eigenvalue weighted by Gasteiger charge is 2.33. The van der Waals surface area contributed by atoms with E-state index >= 15 is 0 Å². The summed E-state index contributed by atoms with van der Waals surface area (Å²) < 4.78 is 0. The normalized spacial score (nSPS) is 15.4. The van der Waals surface area contributed by atoms with Gasteiger partial charge < -0.3 is 15.4 Å². The molecular weight excluding hydrogens is 290 g/mol. The van der Waals surface area contributed by atoms with Crippen molar-refractivity contribution in [2.45, 2.75) is 56.0 Å². The molecule has 0 saturated carbocycles. The maximum atomic E-state index is 11.6. The molecule has 2 atom stereocenters. The maximum absolute atomic E-state index is 11.6. The first-order chi connectivity index (χ1) is 9.80. The number of H-pyrrole nitrogens is 1. The molecule has 6 nitrogen and oxygen atoms in total. The number of hydrogen-bond acceptors (Lipinski definition) is 5. The number of aromatic nitrogens is 2. The van der Waals surface area contributed by atoms with Crippen LogP contribution in [-0.4, -0.2) is 38.9 Å². The quantitative estimate of drug-likeness (QED) is 0.499. The molecule has 0 aliphatic heterocycles. The van der Waals surface area contributed by atoms with E-state index in [9.17, 15) is 14.7 Å². The monoisotopic (exact) mass is 313 g/mol. The lowest BCUT2D eigenvalue weighted by Crippen LogP contribution is -2.49. The number of aromatic amines is 1. The van der Waals surface area contributed by atoms with Crippen LogP contribution in [0, 0.1) is 0 Å². The van der Waals surface area contributed by atoms with E-state index in [1.807, 2.05) is 13.8 Å². The smallest absolute Gasteiger partial charge is 0.323 e. The number of carboxylic acids is 1. The number of aliphatic carboxylic acids is 1. The Hall–Kier alpha value is -1.34. The number of aryl methyl sites for hydroxylation is 1. The molecule has 0 aliphatic carbocycles. The van der Waals surface area contributed by atoms with Crippen molar-refractivity contribution in [2.24, 2.45) is 0 Å². The fraction of sp³-hybridized carbons (Fsp3) is 0.643. The summed E-state index contributed by atoms with van der Waals surface area (Å²) in [5.41, 5.74) is -0.392. The second-order valence-electron chi connectivity index (χ2n) is 5.31. The maximum Gasteiger partial charge on any atom is 0.323 e. The third-order valence-electron chi connectivity index (χ3n) is 3.31. The molecule has 0 spiro atoms. The predicted molar refractivity (Wildman–Crippen MR) is 83.9 cm³/mol. The summed E-state index contributed by atoms with van der Waals surface area (Å²) >= 11 is 1.39. The zero-order chi connectivity index (χ0) is 16.0. The largest absolute Gasteiger partial charge is 0.480 e. The van der Waals surface area contributed by atoms with Crippen molar-refractivity contribution in [2.75, 3.05) is 7.05 Å². The average Bonchev–Trinajstić information content (AvgIpc) is 2.37. The van der Waals surface area contributed by atoms with Gasteiger partial charge in [-0.3, -0.25) is 9.59 Å². The molecule has 0 radical (unpaired) electrons. The standard InChI is InChI=1S/C14H23N3O3S/c1-5-6-10-7-11(18)17-13(16-10)21-9(2)8-14(3,15-4)12(19)20/h7,9,15H,5-6,8H2,1-4H3,(H,19,20)(H,16,17,18). The summed E-state index contributed by atoms with van der Waals surface area (Å²) in [6.45, 7) is 5.61. The van der Waals surface area contributed by atoms with Crippen LogP contribution in [0.5, 0.6) is 0 Å². The SMILES string of the molecule is CCCc1cc(=O)[nH]c(SC(C)CC(C)(NC)C(=O)O)n1. The van der Waals surface area contributed by atoms with Gasteiger partial charge in [0.1, 0.15) is 5.54 Å². The Morgan fingerprint density at radius 2 is 2.29 bits per heavy atom. The number of nitrogens with one attached hydrogen (secondary N) is 2. The lowest BCUT2D eigenvalue weighted by atomic mass is 9.97. The minimum atomic E-state index is -0.992. The van der Waals surface area contributed by atoms with Crippen molar-refractivity contribution in [1.82, 2.24) is 15.3 Å². The second kappa shape index (κ2) is 7.61. The minimum Gasteiger partial charge on any atom is -0.480 e. The van der Waals surface area contributed by atoms with Gasteiger partial charge >= 0.3 is 5.97 Å². The van der Waals surface area contributed by atoms with Gasteiger partial charge in [0.15, 0.2) is 5.16 Å². The van der Waals surface area contributed by atoms with Crippen LogP contribution in [0.2, 0.25) is 0 Å². The highest BCUT2D eigenvalue weighted by Crippen LogP contribution is 2.26. The Morgan fingerprint density at radius 1 is 1.62 bits per heavy atom. The van der Waals surface area contributed by atoms with Crippen LogP contribution in [0.1, 0.15) is 39.3 Å². The molecule has 0 amide bonds. The minimum absolute atomic E-state index is 0.00132. The Kier molecular flexibility index (Phi) is 6.42. The molecule has 21 heavy (non-hydrogen) atoms. The van der Waals surface area contributed by atoms with Crippen molar-refractivity contribution < 1.29 is 9.90 Å². The Labute approximate surface area is 128 Å². The molecule has 0 aliphatic rings. The van der Waals surface area contributed by atoms with Gasteiger partial charge in [-0.05, 0) is 26.8 Å². The van der Waals surface area contributed by atoms with Gasteiger partial charge in [0.2, 0.25) is 0 Å². The van der Waals surface area contributed by atoms with Crippen LogP contribution < -0.4 is 10.9 Å². The van der Waals surface area contributed by atoms with Crippen LogP contribution in [0.15, 0.2) is 16.0 Å². The molecule has 0 saturated heterocycles. The van der Waals surface area contributed by atoms with Crippen molar-refractivity contribution in [3.8, 4) is 0 Å². The first-order valence-electron chi connectivity index (χ1n) is 7.00. The van der Waals surface area contributed by atoms with Crippen molar-refractivity contribution in [3.63, 3.8) is 0 Å². The number of carboxylic acid groups (broad SMARTS) is 1. The fourth-order valence-electron chi connectivity index (χ4n) is 2.03. The van der Waals surface area contributed by atoms with Crippen molar-refractivity contribution >= 4 is 17.7 Å². The molecule has 0 fully saturated rings. The third kappa shape index (κ3) is 5.17. The first-order valence-corrected chi connectivity index (χ1v) is 7.88. The predicted octanol–water partition coefficient (Wildman–Crippen LogP) is 1.66. The molecule has 118 valence electrons. The molecule has 0 aromatic carbocycles. The highest BCUT2D eigenvalue weighted by molar-refractivity contribution is 7.99. The number of thioether (sulfide) groups is 1. The molecule has 2 unspecified atom stereocenters. The topological polar surface area (TPSA) is 95.1 Å². The van der Waals surface area contributed by atoms with Crippen LogP contribution in [0.4, 0.5) is 0 Å². The van der Waals surface area contributed by atoms with E-state index in [-0.39, 0.29) is 10.8 Å². The van der Waals surface area contributed by atoms with Crippen molar-refractivity contribution in [3.05, 3.63) is 22.1 Å². The third-order valence-corrected chi connectivity index (χ3v) is 4.30. The molecule has 1 aromatic heterocycles. The lowest BCUT2D eigenvalue weighted by Gasteiger charge is -2.26. The van der Waals surface area contributed by atoms with Crippen LogP contribution in [0.3, 0.4) is 0 Å². The fourth-order valence-corrected chi connectivity index (χ4v) is 3.15. The number of likely N-dealkylation sites (N-methyl/N-ethyl adjacent to an activating group) is 1. The molecule has 0 bridgehead atoms. The van der Waals surface area contributed by atoms with E-state index in [1.165, 1.54) is 17.8 Å². The summed E-state index contributed by atoms with van der Waals surface area (Å²) in [5.74, 6) is -0.890. The number of nitrogens with zero attached hydrogens (tertiary/aromatic N) is 1. The van der Waals surface area contributed by atoms with E-state index in [1.54, 1.807) is 14.0 Å². The van der Waals surface area contributed by atoms with Crippen LogP contribution in [0.25, 0.3) is 0 Å². The number of carbonyl (C=O) groups is 1. The Bertz CT molecular complexity index is 547. The highest BCUT2D eigenvalue weighted by atomic mass is 32.2. The Morgan fingerprint density at radius 3 is 2.81 bits per heavy atom. The Balaban J connectivity index is 2.81. The second-order valence-corrected chi connectivity index (χ2v) is 6.74. The van der Waals surface area contributed by atoms with E-state index in [2.05, 4.69) is 15.3 Å². The van der Waals surface area contributed by atoms with Gasteiger partial charge in [-0.25, -0.2) is 4.98 Å². The number of rotatable bonds is 8. The van der Waals surface area contributed by atoms with Crippen LogP contribution in [-0.2, 0) is 11.2 Å². The van der Waals surface area contributed by atoms with Gasteiger partial charge in [-0.2, -0.15) is 0 Å². The molecule has 1 heterocycles. The molecule has 7 heteroatoms. The van der Waals surface area contributed by atoms with Gasteiger partial charge in [-0.15, -0.1) is 0 Å². The average molecular weight is 313 g/mol. The molecule has 3 N–H and O–H groups in total. The summed E-state index contributed by atoms with van der Waals surface area (Å²) in [5, 5.41) is 12.6. The zero-order valence-corrected chi connectivity index (χ0v) is 13.7. The van der Waals surface area contributed by atoms with Crippen molar-refractivity contribution in [1.29, 1.82) is 0 Å². The molecule has 1 aromatic rings. The van der Waals surface area contributed by atoms with Gasteiger partial charge in [0.25, 0.3) is 5.56 Å². The van der Waals surface area contributed by atoms with Crippen LogP contribution >= 0.6 is 11.8 Å². The van der Waals surface area contributed by atoms with E-state index < -0.39 is 11.5 Å². The summed E-state index contributed by atoms with van der Waals surface area (Å²) in [4.78, 5) is 30.0. The lowest BCUT2D eigenvalue weighted by molar-refractivity contribution is -0.144. The molecule has 1 rings (SSSR count).